The van der Waals surface area contributed by atoms with E-state index < -0.39 is 0 Å². The zero-order chi connectivity index (χ0) is 17.8. The largest absolute Gasteiger partial charge is 0.497 e. The fourth-order valence-electron chi connectivity index (χ4n) is 2.18. The van der Waals surface area contributed by atoms with Gasteiger partial charge in [-0.2, -0.15) is 0 Å². The van der Waals surface area contributed by atoms with Gasteiger partial charge in [-0.05, 0) is 35.9 Å². The summed E-state index contributed by atoms with van der Waals surface area (Å²) in [5.41, 5.74) is 1.83. The lowest BCUT2D eigenvalue weighted by Crippen LogP contribution is -2.22. The number of aromatic nitrogens is 1. The van der Waals surface area contributed by atoms with Crippen LogP contribution in [0.4, 0.5) is 0 Å². The first kappa shape index (κ1) is 17.3. The first-order chi connectivity index (χ1) is 12.1. The molecule has 0 aliphatic carbocycles. The van der Waals surface area contributed by atoms with Crippen LogP contribution in [0.5, 0.6) is 5.75 Å². The first-order valence-electron chi connectivity index (χ1n) is 7.40. The third kappa shape index (κ3) is 4.13. The molecule has 1 amide bonds. The van der Waals surface area contributed by atoms with Crippen molar-refractivity contribution in [3.05, 3.63) is 69.8 Å². The zero-order valence-electron chi connectivity index (χ0n) is 13.3. The maximum Gasteiger partial charge on any atom is 0.273 e. The molecule has 2 aromatic carbocycles. The number of amides is 1. The second-order valence-electron chi connectivity index (χ2n) is 5.24. The molecular formula is C18H14Cl2N2O3. The Morgan fingerprint density at radius 2 is 1.88 bits per heavy atom. The Morgan fingerprint density at radius 1 is 1.12 bits per heavy atom. The molecule has 0 saturated carbocycles. The van der Waals surface area contributed by atoms with Gasteiger partial charge in [-0.25, -0.2) is 0 Å². The minimum atomic E-state index is -0.328. The normalized spacial score (nSPS) is 10.5. The number of hydrogen-bond donors (Lipinski definition) is 1. The molecule has 0 fully saturated rings. The van der Waals surface area contributed by atoms with Crippen LogP contribution in [0.1, 0.15) is 16.1 Å². The number of halogens is 2. The predicted octanol–water partition coefficient (Wildman–Crippen LogP) is 4.59. The van der Waals surface area contributed by atoms with Crippen LogP contribution < -0.4 is 10.1 Å². The molecule has 0 bridgehead atoms. The molecule has 5 nitrogen and oxygen atoms in total. The van der Waals surface area contributed by atoms with Gasteiger partial charge in [-0.1, -0.05) is 40.5 Å². The maximum atomic E-state index is 12.2. The smallest absolute Gasteiger partial charge is 0.273 e. The van der Waals surface area contributed by atoms with Gasteiger partial charge in [-0.3, -0.25) is 4.79 Å². The van der Waals surface area contributed by atoms with Crippen molar-refractivity contribution in [2.75, 3.05) is 7.11 Å². The standard InChI is InChI=1S/C18H14Cl2N2O3/c1-24-13-5-2-11(3-6-13)10-21-18(23)16-9-17(25-22-16)12-4-7-14(19)15(20)8-12/h2-9H,10H2,1H3,(H,21,23). The highest BCUT2D eigenvalue weighted by molar-refractivity contribution is 6.42. The van der Waals surface area contributed by atoms with E-state index in [9.17, 15) is 4.79 Å². The Morgan fingerprint density at radius 3 is 2.56 bits per heavy atom. The monoisotopic (exact) mass is 376 g/mol. The van der Waals surface area contributed by atoms with E-state index in [1.165, 1.54) is 0 Å². The summed E-state index contributed by atoms with van der Waals surface area (Å²) < 4.78 is 10.3. The van der Waals surface area contributed by atoms with Crippen LogP contribution in [0.25, 0.3) is 11.3 Å². The topological polar surface area (TPSA) is 64.4 Å². The van der Waals surface area contributed by atoms with Gasteiger partial charge < -0.3 is 14.6 Å². The molecule has 1 heterocycles. The molecule has 3 rings (SSSR count). The number of nitrogens with one attached hydrogen (secondary N) is 1. The van der Waals surface area contributed by atoms with Gasteiger partial charge in [-0.15, -0.1) is 0 Å². The lowest BCUT2D eigenvalue weighted by Gasteiger charge is -2.04. The average molecular weight is 377 g/mol. The Balaban J connectivity index is 1.66. The van der Waals surface area contributed by atoms with Crippen molar-refractivity contribution in [2.24, 2.45) is 0 Å². The second kappa shape index (κ2) is 7.59. The van der Waals surface area contributed by atoms with Gasteiger partial charge in [0.05, 0.1) is 17.2 Å². The summed E-state index contributed by atoms with van der Waals surface area (Å²) in [4.78, 5) is 12.2. The number of benzene rings is 2. The van der Waals surface area contributed by atoms with E-state index in [4.69, 9.17) is 32.5 Å². The SMILES string of the molecule is COc1ccc(CNC(=O)c2cc(-c3ccc(Cl)c(Cl)c3)on2)cc1. The molecule has 0 aliphatic rings. The van der Waals surface area contributed by atoms with Crippen molar-refractivity contribution in [3.8, 4) is 17.1 Å². The van der Waals surface area contributed by atoms with Gasteiger partial charge >= 0.3 is 0 Å². The number of methoxy groups -OCH3 is 1. The van der Waals surface area contributed by atoms with E-state index in [0.717, 1.165) is 11.3 Å². The van der Waals surface area contributed by atoms with Crippen LogP contribution in [-0.4, -0.2) is 18.2 Å². The number of rotatable bonds is 5. The number of hydrogen-bond acceptors (Lipinski definition) is 4. The summed E-state index contributed by atoms with van der Waals surface area (Å²) in [7, 11) is 1.60. The van der Waals surface area contributed by atoms with Gasteiger partial charge in [0.2, 0.25) is 0 Å². The molecule has 0 aliphatic heterocycles. The summed E-state index contributed by atoms with van der Waals surface area (Å²) in [5.74, 6) is 0.872. The van der Waals surface area contributed by atoms with Crippen LogP contribution in [-0.2, 0) is 6.54 Å². The molecule has 7 heteroatoms. The van der Waals surface area contributed by atoms with Crippen LogP contribution in [0.3, 0.4) is 0 Å². The molecule has 1 N–H and O–H groups in total. The van der Waals surface area contributed by atoms with Crippen molar-refractivity contribution in [1.29, 1.82) is 0 Å². The van der Waals surface area contributed by atoms with E-state index in [1.54, 1.807) is 31.4 Å². The summed E-state index contributed by atoms with van der Waals surface area (Å²) in [6.45, 7) is 0.373. The molecule has 128 valence electrons. The van der Waals surface area contributed by atoms with E-state index in [0.29, 0.717) is 27.9 Å². The van der Waals surface area contributed by atoms with Crippen molar-refractivity contribution < 1.29 is 14.1 Å². The summed E-state index contributed by atoms with van der Waals surface area (Å²) in [6.07, 6.45) is 0. The summed E-state index contributed by atoms with van der Waals surface area (Å²) in [5, 5.41) is 7.44. The minimum absolute atomic E-state index is 0.189. The van der Waals surface area contributed by atoms with Crippen LogP contribution in [0.2, 0.25) is 10.0 Å². The molecule has 0 atom stereocenters. The Hall–Kier alpha value is -2.50. The Bertz CT molecular complexity index is 892. The number of ether oxygens (including phenoxy) is 1. The summed E-state index contributed by atoms with van der Waals surface area (Å²) in [6, 6.07) is 14.0. The van der Waals surface area contributed by atoms with E-state index in [1.807, 2.05) is 24.3 Å². The fourth-order valence-corrected chi connectivity index (χ4v) is 2.48. The van der Waals surface area contributed by atoms with Crippen molar-refractivity contribution in [3.63, 3.8) is 0 Å². The molecular weight excluding hydrogens is 363 g/mol. The second-order valence-corrected chi connectivity index (χ2v) is 6.05. The quantitative estimate of drug-likeness (QED) is 0.707. The molecule has 0 radical (unpaired) electrons. The molecule has 1 aromatic heterocycles. The van der Waals surface area contributed by atoms with Crippen LogP contribution in [0.15, 0.2) is 53.1 Å². The molecule has 0 spiro atoms. The van der Waals surface area contributed by atoms with E-state index in [2.05, 4.69) is 10.5 Å². The predicted molar refractivity (Wildman–Crippen MR) is 96.1 cm³/mol. The van der Waals surface area contributed by atoms with Crippen molar-refractivity contribution >= 4 is 29.1 Å². The van der Waals surface area contributed by atoms with Gasteiger partial charge in [0.1, 0.15) is 5.75 Å². The fraction of sp³-hybridized carbons (Fsp3) is 0.111. The van der Waals surface area contributed by atoms with Gasteiger partial charge in [0.25, 0.3) is 5.91 Å². The van der Waals surface area contributed by atoms with Crippen LogP contribution in [0, 0.1) is 0 Å². The molecule has 0 unspecified atom stereocenters. The number of carbonyl (C=O) groups excluding carboxylic acids is 1. The van der Waals surface area contributed by atoms with Gasteiger partial charge in [0, 0.05) is 18.2 Å². The van der Waals surface area contributed by atoms with Crippen molar-refractivity contribution in [1.82, 2.24) is 10.5 Å². The van der Waals surface area contributed by atoms with Gasteiger partial charge in [0.15, 0.2) is 11.5 Å². The lowest BCUT2D eigenvalue weighted by atomic mass is 10.1. The maximum absolute atomic E-state index is 12.2. The third-order valence-corrected chi connectivity index (χ3v) is 4.30. The van der Waals surface area contributed by atoms with Crippen LogP contribution >= 0.6 is 23.2 Å². The van der Waals surface area contributed by atoms with E-state index in [-0.39, 0.29) is 11.6 Å². The minimum Gasteiger partial charge on any atom is -0.497 e. The average Bonchev–Trinajstić information content (AvgIpc) is 3.12. The molecule has 3 aromatic rings. The molecule has 0 saturated heterocycles. The number of carbonyl (C=O) groups is 1. The molecule has 25 heavy (non-hydrogen) atoms. The Kier molecular flexibility index (Phi) is 5.26. The highest BCUT2D eigenvalue weighted by Crippen LogP contribution is 2.28. The van der Waals surface area contributed by atoms with Crippen molar-refractivity contribution in [2.45, 2.75) is 6.54 Å². The number of nitrogens with zero attached hydrogens (tertiary/aromatic N) is 1. The zero-order valence-corrected chi connectivity index (χ0v) is 14.8. The third-order valence-electron chi connectivity index (χ3n) is 3.56. The highest BCUT2D eigenvalue weighted by Gasteiger charge is 2.14. The highest BCUT2D eigenvalue weighted by atomic mass is 35.5. The summed E-state index contributed by atoms with van der Waals surface area (Å²) >= 11 is 11.9. The Labute approximate surface area is 154 Å². The first-order valence-corrected chi connectivity index (χ1v) is 8.15. The lowest BCUT2D eigenvalue weighted by molar-refractivity contribution is 0.0942. The van der Waals surface area contributed by atoms with E-state index >= 15 is 0 Å².